The van der Waals surface area contributed by atoms with Crippen molar-refractivity contribution in [2.24, 2.45) is 5.41 Å². The van der Waals surface area contributed by atoms with Gasteiger partial charge >= 0.3 is 0 Å². The zero-order chi connectivity index (χ0) is 15.5. The summed E-state index contributed by atoms with van der Waals surface area (Å²) in [5, 5.41) is 6.12. The minimum atomic E-state index is -0.154. The van der Waals surface area contributed by atoms with Crippen LogP contribution in [0.2, 0.25) is 0 Å². The number of amides is 1. The maximum atomic E-state index is 11.4. The molecule has 0 bridgehead atoms. The molecule has 116 valence electrons. The normalized spacial score (nSPS) is 14.1. The molecule has 21 heavy (non-hydrogen) atoms. The van der Waals surface area contributed by atoms with E-state index < -0.39 is 0 Å². The summed E-state index contributed by atoms with van der Waals surface area (Å²) in [6, 6.07) is 3.55. The van der Waals surface area contributed by atoms with Crippen molar-refractivity contribution in [2.75, 3.05) is 43.2 Å². The Kier molecular flexibility index (Phi) is 4.57. The molecule has 1 aliphatic rings. The lowest BCUT2D eigenvalue weighted by molar-refractivity contribution is -0.118. The lowest BCUT2D eigenvalue weighted by Gasteiger charge is -2.26. The molecule has 0 fully saturated rings. The van der Waals surface area contributed by atoms with Gasteiger partial charge < -0.3 is 25.8 Å². The van der Waals surface area contributed by atoms with Crippen LogP contribution >= 0.6 is 0 Å². The first-order valence-electron chi connectivity index (χ1n) is 7.00. The van der Waals surface area contributed by atoms with Gasteiger partial charge in [0.1, 0.15) is 5.75 Å². The van der Waals surface area contributed by atoms with Gasteiger partial charge in [-0.05, 0) is 17.9 Å². The number of hydrogen-bond acceptors (Lipinski definition) is 5. The van der Waals surface area contributed by atoms with E-state index in [-0.39, 0.29) is 17.9 Å². The van der Waals surface area contributed by atoms with Gasteiger partial charge in [-0.25, -0.2) is 0 Å². The predicted molar refractivity (Wildman–Crippen MR) is 83.7 cm³/mol. The molecule has 6 heteroatoms. The van der Waals surface area contributed by atoms with Crippen LogP contribution < -0.4 is 21.1 Å². The van der Waals surface area contributed by atoms with Gasteiger partial charge in [-0.1, -0.05) is 13.8 Å². The molecule has 1 aromatic carbocycles. The Balaban J connectivity index is 2.07. The Labute approximate surface area is 125 Å². The van der Waals surface area contributed by atoms with E-state index in [1.54, 1.807) is 13.2 Å². The predicted octanol–water partition coefficient (Wildman–Crippen LogP) is 2.07. The second-order valence-electron chi connectivity index (χ2n) is 6.03. The minimum absolute atomic E-state index is 0.0310. The van der Waals surface area contributed by atoms with E-state index in [1.165, 1.54) is 0 Å². The third-order valence-corrected chi connectivity index (χ3v) is 3.52. The highest BCUT2D eigenvalue weighted by molar-refractivity contribution is 5.97. The summed E-state index contributed by atoms with van der Waals surface area (Å²) in [7, 11) is 1.70. The molecule has 0 aliphatic carbocycles. The number of nitrogens with two attached hydrogens (primary N) is 1. The molecule has 2 rings (SSSR count). The number of carbonyl (C=O) groups excluding carboxylic acids is 1. The van der Waals surface area contributed by atoms with Gasteiger partial charge in [0.05, 0.1) is 17.1 Å². The highest BCUT2D eigenvalue weighted by Crippen LogP contribution is 2.35. The average Bonchev–Trinajstić information content (AvgIpc) is 2.43. The van der Waals surface area contributed by atoms with Crippen LogP contribution in [0.25, 0.3) is 0 Å². The van der Waals surface area contributed by atoms with Gasteiger partial charge in [-0.2, -0.15) is 0 Å². The highest BCUT2D eigenvalue weighted by atomic mass is 16.5. The maximum absolute atomic E-state index is 11.4. The summed E-state index contributed by atoms with van der Waals surface area (Å²) in [6.07, 6.45) is 0.946. The van der Waals surface area contributed by atoms with Gasteiger partial charge in [-0.15, -0.1) is 0 Å². The van der Waals surface area contributed by atoms with Crippen LogP contribution in [0.4, 0.5) is 17.1 Å². The third kappa shape index (κ3) is 4.01. The molecule has 0 atom stereocenters. The molecule has 0 spiro atoms. The quantitative estimate of drug-likeness (QED) is 0.699. The Morgan fingerprint density at radius 2 is 2.24 bits per heavy atom. The average molecular weight is 293 g/mol. The summed E-state index contributed by atoms with van der Waals surface area (Å²) in [6.45, 7) is 5.84. The summed E-state index contributed by atoms with van der Waals surface area (Å²) >= 11 is 0. The van der Waals surface area contributed by atoms with Crippen LogP contribution in [-0.4, -0.2) is 32.8 Å². The molecule has 1 amide bonds. The van der Waals surface area contributed by atoms with E-state index in [0.717, 1.165) is 25.3 Å². The molecule has 0 radical (unpaired) electrons. The maximum Gasteiger partial charge on any atom is 0.262 e. The molecule has 1 aromatic rings. The van der Waals surface area contributed by atoms with Gasteiger partial charge in [0.25, 0.3) is 5.91 Å². The van der Waals surface area contributed by atoms with E-state index >= 15 is 0 Å². The Morgan fingerprint density at radius 3 is 2.95 bits per heavy atom. The van der Waals surface area contributed by atoms with Crippen LogP contribution in [0.15, 0.2) is 12.1 Å². The molecule has 0 saturated heterocycles. The molecular weight excluding hydrogens is 270 g/mol. The van der Waals surface area contributed by atoms with Crippen LogP contribution in [0.1, 0.15) is 20.3 Å². The van der Waals surface area contributed by atoms with Gasteiger partial charge in [0.2, 0.25) is 0 Å². The first kappa shape index (κ1) is 15.4. The fourth-order valence-electron chi connectivity index (χ4n) is 2.10. The number of hydrogen-bond donors (Lipinski definition) is 3. The number of benzene rings is 1. The summed E-state index contributed by atoms with van der Waals surface area (Å²) in [5.41, 5.74) is 8.16. The molecule has 1 aliphatic heterocycles. The molecule has 0 unspecified atom stereocenters. The number of rotatable bonds is 6. The third-order valence-electron chi connectivity index (χ3n) is 3.52. The van der Waals surface area contributed by atoms with Crippen molar-refractivity contribution in [1.82, 2.24) is 0 Å². The molecular formula is C15H23N3O3. The second kappa shape index (κ2) is 6.22. The van der Waals surface area contributed by atoms with Gasteiger partial charge in [0, 0.05) is 26.3 Å². The van der Waals surface area contributed by atoms with Crippen LogP contribution in [0.3, 0.4) is 0 Å². The largest absolute Gasteiger partial charge is 0.482 e. The van der Waals surface area contributed by atoms with Crippen molar-refractivity contribution in [2.45, 2.75) is 20.3 Å². The van der Waals surface area contributed by atoms with E-state index in [0.29, 0.717) is 17.1 Å². The van der Waals surface area contributed by atoms with E-state index in [4.69, 9.17) is 15.2 Å². The van der Waals surface area contributed by atoms with Crippen molar-refractivity contribution >= 4 is 23.0 Å². The zero-order valence-electron chi connectivity index (χ0n) is 12.8. The molecule has 1 heterocycles. The Morgan fingerprint density at radius 1 is 1.48 bits per heavy atom. The second-order valence-corrected chi connectivity index (χ2v) is 6.03. The van der Waals surface area contributed by atoms with Crippen molar-refractivity contribution in [3.63, 3.8) is 0 Å². The van der Waals surface area contributed by atoms with Crippen molar-refractivity contribution < 1.29 is 14.3 Å². The van der Waals surface area contributed by atoms with E-state index in [1.807, 2.05) is 6.07 Å². The number of nitrogens with one attached hydrogen (secondary N) is 2. The number of nitrogen functional groups attached to an aromatic ring is 1. The van der Waals surface area contributed by atoms with E-state index in [9.17, 15) is 4.79 Å². The lowest BCUT2D eigenvalue weighted by Crippen LogP contribution is -2.27. The highest BCUT2D eigenvalue weighted by Gasteiger charge is 2.20. The standard InChI is InChI=1S/C15H23N3O3/c1-15(2,4-5-20-3)9-17-11-7-12-13(6-10(11)16)21-8-14(19)18-12/h6-7,17H,4-5,8-9,16H2,1-3H3,(H,18,19). The van der Waals surface area contributed by atoms with Gasteiger partial charge in [0.15, 0.2) is 6.61 Å². The summed E-state index contributed by atoms with van der Waals surface area (Å²) < 4.78 is 10.5. The van der Waals surface area contributed by atoms with Crippen LogP contribution in [0, 0.1) is 5.41 Å². The Hall–Kier alpha value is -1.95. The number of fused-ring (bicyclic) bond motifs is 1. The first-order chi connectivity index (χ1) is 9.91. The molecule has 4 N–H and O–H groups in total. The monoisotopic (exact) mass is 293 g/mol. The smallest absolute Gasteiger partial charge is 0.262 e. The molecule has 6 nitrogen and oxygen atoms in total. The molecule has 0 saturated carbocycles. The van der Waals surface area contributed by atoms with Crippen molar-refractivity contribution in [3.8, 4) is 5.75 Å². The first-order valence-corrected chi connectivity index (χ1v) is 7.00. The number of carbonyl (C=O) groups is 1. The van der Waals surface area contributed by atoms with Crippen LogP contribution in [-0.2, 0) is 9.53 Å². The van der Waals surface area contributed by atoms with Gasteiger partial charge in [-0.3, -0.25) is 4.79 Å². The minimum Gasteiger partial charge on any atom is -0.482 e. The topological polar surface area (TPSA) is 85.6 Å². The fraction of sp³-hybridized carbons (Fsp3) is 0.533. The van der Waals surface area contributed by atoms with E-state index in [2.05, 4.69) is 24.5 Å². The summed E-state index contributed by atoms with van der Waals surface area (Å²) in [5.74, 6) is 0.454. The number of methoxy groups -OCH3 is 1. The SMILES string of the molecule is COCCC(C)(C)CNc1cc2c(cc1N)OCC(=O)N2. The number of anilines is 3. The van der Waals surface area contributed by atoms with Crippen LogP contribution in [0.5, 0.6) is 5.75 Å². The zero-order valence-corrected chi connectivity index (χ0v) is 12.8. The summed E-state index contributed by atoms with van der Waals surface area (Å²) in [4.78, 5) is 11.4. The fourth-order valence-corrected chi connectivity index (χ4v) is 2.10. The number of ether oxygens (including phenoxy) is 2. The lowest BCUT2D eigenvalue weighted by atomic mass is 9.89. The Bertz CT molecular complexity index is 529. The van der Waals surface area contributed by atoms with Crippen molar-refractivity contribution in [3.05, 3.63) is 12.1 Å². The molecule has 0 aromatic heterocycles. The van der Waals surface area contributed by atoms with Crippen molar-refractivity contribution in [1.29, 1.82) is 0 Å².